The van der Waals surface area contributed by atoms with Gasteiger partial charge in [0.05, 0.1) is 49.7 Å². The van der Waals surface area contributed by atoms with E-state index in [0.29, 0.717) is 57.9 Å². The van der Waals surface area contributed by atoms with Gasteiger partial charge >= 0.3 is 5.97 Å². The van der Waals surface area contributed by atoms with Crippen LogP contribution >= 0.6 is 0 Å². The number of hydrogen-bond donors (Lipinski definition) is 11. The van der Waals surface area contributed by atoms with E-state index < -0.39 is 106 Å². The highest BCUT2D eigenvalue weighted by Gasteiger charge is 2.75. The standard InChI is InChI=1S/C53H86N4O12/c1-7-8-9-11-29-21-53(47(66)67)18-17-48(2,26-59)22-35(53)33-13-14-39-50(4,52(29,33)6)16-15-38-49(3,27-60)44(69-46-43(64)42(63)37(61)25-68-46)41(62)34(51(38,39)5)20-31-32(24-58)45(65)57-40(31)30(12-10-19-54)36-23-55-28-56-36/h13,23,28-32,34-35,37-44,46,58-64H,7-12,14-22,24-27,54H2,1-6H3,(H,55,56)(H,57,65)(H,66,67). The Morgan fingerprint density at radius 3 is 2.36 bits per heavy atom. The fourth-order valence-electron chi connectivity index (χ4n) is 17.3. The lowest BCUT2D eigenvalue weighted by Crippen LogP contribution is -2.73. The number of aliphatic hydroxyl groups excluding tert-OH is 7. The molecule has 2 aliphatic heterocycles. The summed E-state index contributed by atoms with van der Waals surface area (Å²) in [5, 5.41) is 94.3. The SMILES string of the molecule is CCCCCC1CC2(C(=O)O)CCC(C)(CO)CC2C2=CCC3C4(C)C(CC5C(CO)C(=O)NC5C(CCCN)c5cnc[nH]5)C(O)C(OC5OCC(O)C(O)C5O)C(C)(CO)C4CCC3(C)C21C. The number of amides is 1. The van der Waals surface area contributed by atoms with E-state index >= 15 is 0 Å². The molecule has 1 aromatic rings. The van der Waals surface area contributed by atoms with Crippen LogP contribution in [0.3, 0.4) is 0 Å². The maximum absolute atomic E-state index is 14.1. The van der Waals surface area contributed by atoms with Gasteiger partial charge in [0.15, 0.2) is 6.29 Å². The fraction of sp³-hybridized carbons (Fsp3) is 0.868. The summed E-state index contributed by atoms with van der Waals surface area (Å²) in [6, 6.07) is -0.468. The van der Waals surface area contributed by atoms with E-state index in [0.717, 1.165) is 37.8 Å². The van der Waals surface area contributed by atoms with Gasteiger partial charge in [0.2, 0.25) is 5.91 Å². The first-order valence-electron chi connectivity index (χ1n) is 26.5. The first kappa shape index (κ1) is 52.8. The van der Waals surface area contributed by atoms with Gasteiger partial charge in [0.25, 0.3) is 0 Å². The van der Waals surface area contributed by atoms with Gasteiger partial charge in [0.1, 0.15) is 18.3 Å². The molecule has 8 rings (SSSR count). The second kappa shape index (κ2) is 19.7. The molecule has 69 heavy (non-hydrogen) atoms. The number of nitrogens with zero attached hydrogens (tertiary/aromatic N) is 1. The van der Waals surface area contributed by atoms with E-state index in [4.69, 9.17) is 15.2 Å². The van der Waals surface area contributed by atoms with Gasteiger partial charge in [-0.25, -0.2) is 4.98 Å². The molecule has 3 heterocycles. The van der Waals surface area contributed by atoms with Crippen molar-refractivity contribution in [3.8, 4) is 0 Å². The van der Waals surface area contributed by atoms with Crippen molar-refractivity contribution in [2.45, 2.75) is 180 Å². The van der Waals surface area contributed by atoms with Gasteiger partial charge in [-0.1, -0.05) is 72.5 Å². The van der Waals surface area contributed by atoms with E-state index in [-0.39, 0.29) is 61.7 Å². The van der Waals surface area contributed by atoms with Crippen LogP contribution in [0.2, 0.25) is 0 Å². The molecule has 0 bridgehead atoms. The third-order valence-electron chi connectivity index (χ3n) is 21.3. The maximum Gasteiger partial charge on any atom is 0.310 e. The average molecular weight is 971 g/mol. The molecule has 21 unspecified atom stereocenters. The van der Waals surface area contributed by atoms with Gasteiger partial charge < -0.3 is 66.4 Å². The molecule has 0 aromatic carbocycles. The summed E-state index contributed by atoms with van der Waals surface area (Å²) < 4.78 is 12.5. The van der Waals surface area contributed by atoms with E-state index in [1.54, 1.807) is 12.5 Å². The van der Waals surface area contributed by atoms with Crippen molar-refractivity contribution in [3.63, 3.8) is 0 Å². The van der Waals surface area contributed by atoms with Gasteiger partial charge in [-0.3, -0.25) is 9.59 Å². The molecule has 6 fully saturated rings. The normalized spacial score (nSPS) is 47.8. The molecule has 12 N–H and O–H groups in total. The molecule has 2 saturated heterocycles. The monoisotopic (exact) mass is 971 g/mol. The third kappa shape index (κ3) is 8.19. The zero-order valence-electron chi connectivity index (χ0n) is 42.1. The third-order valence-corrected chi connectivity index (χ3v) is 21.3. The Labute approximate surface area is 408 Å². The number of carboxylic acids is 1. The van der Waals surface area contributed by atoms with Gasteiger partial charge in [-0.15, -0.1) is 0 Å². The van der Waals surface area contributed by atoms with Crippen LogP contribution in [0.1, 0.15) is 143 Å². The minimum atomic E-state index is -1.65. The molecular weight excluding hydrogens is 885 g/mol. The Morgan fingerprint density at radius 1 is 0.971 bits per heavy atom. The van der Waals surface area contributed by atoms with Gasteiger partial charge in [-0.05, 0) is 134 Å². The van der Waals surface area contributed by atoms with Crippen molar-refractivity contribution in [2.75, 3.05) is 33.0 Å². The van der Waals surface area contributed by atoms with Crippen molar-refractivity contribution in [2.24, 2.45) is 79.6 Å². The first-order valence-corrected chi connectivity index (χ1v) is 26.5. The summed E-state index contributed by atoms with van der Waals surface area (Å²) in [5.74, 6) is -3.83. The molecule has 0 spiro atoms. The summed E-state index contributed by atoms with van der Waals surface area (Å²) in [6.45, 7) is 12.6. The molecule has 4 saturated carbocycles. The number of imidazole rings is 1. The number of H-pyrrole nitrogens is 1. The number of aliphatic carboxylic acids is 1. The Morgan fingerprint density at radius 2 is 1.72 bits per heavy atom. The van der Waals surface area contributed by atoms with Crippen LogP contribution in [0.15, 0.2) is 24.2 Å². The van der Waals surface area contributed by atoms with Crippen LogP contribution in [0.25, 0.3) is 0 Å². The second-order valence-electron chi connectivity index (χ2n) is 24.4. The van der Waals surface area contributed by atoms with Crippen molar-refractivity contribution < 1.29 is 59.9 Å². The minimum absolute atomic E-state index is 0.0183. The number of carbonyl (C=O) groups is 2. The number of ether oxygens (including phenoxy) is 2. The molecule has 7 aliphatic rings. The Hall–Kier alpha value is -2.51. The van der Waals surface area contributed by atoms with Crippen LogP contribution in [0.4, 0.5) is 0 Å². The number of nitrogens with two attached hydrogens (primary N) is 1. The molecule has 16 heteroatoms. The molecular formula is C53H86N4O12. The zero-order valence-corrected chi connectivity index (χ0v) is 42.1. The zero-order chi connectivity index (χ0) is 50.1. The van der Waals surface area contributed by atoms with E-state index in [9.17, 15) is 50.4 Å². The number of aromatic amines is 1. The highest BCUT2D eigenvalue weighted by molar-refractivity contribution is 5.82. The first-order chi connectivity index (χ1) is 32.7. The lowest BCUT2D eigenvalue weighted by molar-refractivity contribution is -0.341. The maximum atomic E-state index is 14.1. The minimum Gasteiger partial charge on any atom is -0.481 e. The number of unbranched alkanes of at least 4 members (excludes halogenated alkanes) is 2. The number of allylic oxidation sites excluding steroid dienone is 2. The predicted molar refractivity (Wildman–Crippen MR) is 256 cm³/mol. The Balaban J connectivity index is 1.30. The highest BCUT2D eigenvalue weighted by atomic mass is 16.7. The van der Waals surface area contributed by atoms with Crippen LogP contribution in [0.5, 0.6) is 0 Å². The van der Waals surface area contributed by atoms with Crippen LogP contribution in [0, 0.1) is 73.9 Å². The van der Waals surface area contributed by atoms with Crippen LogP contribution < -0.4 is 11.1 Å². The van der Waals surface area contributed by atoms with Crippen molar-refractivity contribution in [3.05, 3.63) is 29.9 Å². The van der Waals surface area contributed by atoms with Crippen molar-refractivity contribution in [1.29, 1.82) is 0 Å². The summed E-state index contributed by atoms with van der Waals surface area (Å²) >= 11 is 0. The smallest absolute Gasteiger partial charge is 0.310 e. The molecule has 1 amide bonds. The molecule has 5 aliphatic carbocycles. The predicted octanol–water partition coefficient (Wildman–Crippen LogP) is 4.00. The lowest BCUT2D eigenvalue weighted by Gasteiger charge is -2.74. The van der Waals surface area contributed by atoms with Crippen LogP contribution in [-0.2, 0) is 19.1 Å². The average Bonchev–Trinajstić information content (AvgIpc) is 3.97. The number of carboxylic acid groups (broad SMARTS) is 1. The molecule has 21 atom stereocenters. The lowest BCUT2D eigenvalue weighted by atomic mass is 9.30. The summed E-state index contributed by atoms with van der Waals surface area (Å²) in [6.07, 6.45) is 6.99. The summed E-state index contributed by atoms with van der Waals surface area (Å²) in [7, 11) is 0. The molecule has 0 radical (unpaired) electrons. The van der Waals surface area contributed by atoms with Gasteiger partial charge in [-0.2, -0.15) is 0 Å². The van der Waals surface area contributed by atoms with E-state index in [1.165, 1.54) is 5.57 Å². The number of nitrogens with one attached hydrogen (secondary N) is 2. The van der Waals surface area contributed by atoms with Crippen molar-refractivity contribution in [1.82, 2.24) is 15.3 Å². The van der Waals surface area contributed by atoms with E-state index in [2.05, 4.69) is 56.0 Å². The number of rotatable bonds is 17. The Bertz CT molecular complexity index is 2010. The summed E-state index contributed by atoms with van der Waals surface area (Å²) in [4.78, 5) is 35.6. The van der Waals surface area contributed by atoms with Crippen molar-refractivity contribution >= 4 is 11.9 Å². The molecule has 390 valence electrons. The number of fused-ring (bicyclic) bond motifs is 7. The number of hydrogen-bond acceptors (Lipinski definition) is 13. The quantitative estimate of drug-likeness (QED) is 0.0599. The highest BCUT2D eigenvalue weighted by Crippen LogP contribution is 2.78. The molecule has 16 nitrogen and oxygen atoms in total. The number of aliphatic hydroxyl groups is 7. The number of aromatic nitrogens is 2. The second-order valence-corrected chi connectivity index (χ2v) is 24.4. The van der Waals surface area contributed by atoms with Crippen LogP contribution in [-0.4, -0.2) is 139 Å². The molecule has 1 aromatic heterocycles. The van der Waals surface area contributed by atoms with Gasteiger partial charge in [0, 0.05) is 35.9 Å². The largest absolute Gasteiger partial charge is 0.481 e. The topological polar surface area (TPSA) is 281 Å². The fourth-order valence-corrected chi connectivity index (χ4v) is 17.3. The summed E-state index contributed by atoms with van der Waals surface area (Å²) in [5.41, 5.74) is 3.93. The van der Waals surface area contributed by atoms with E-state index in [1.807, 2.05) is 6.92 Å². The Kier molecular flexibility index (Phi) is 15.1. The number of carbonyl (C=O) groups excluding carboxylic acids is 1.